The normalized spacial score (nSPS) is 26.1. The molecule has 1 rings (SSSR count). The predicted molar refractivity (Wildman–Crippen MR) is 57.3 cm³/mol. The summed E-state index contributed by atoms with van der Waals surface area (Å²) in [6.45, 7) is 6.26. The van der Waals surface area contributed by atoms with Gasteiger partial charge in [0.1, 0.15) is 0 Å². The first-order chi connectivity index (χ1) is 6.74. The van der Waals surface area contributed by atoms with E-state index in [4.69, 9.17) is 4.74 Å². The van der Waals surface area contributed by atoms with E-state index in [2.05, 4.69) is 19.2 Å². The van der Waals surface area contributed by atoms with Gasteiger partial charge in [0.25, 0.3) is 0 Å². The summed E-state index contributed by atoms with van der Waals surface area (Å²) in [4.78, 5) is 0. The van der Waals surface area contributed by atoms with Crippen molar-refractivity contribution in [1.82, 2.24) is 5.32 Å². The van der Waals surface area contributed by atoms with Gasteiger partial charge >= 0.3 is 0 Å². The molecule has 0 aromatic heterocycles. The number of hydrogen-bond acceptors (Lipinski definition) is 3. The Kier molecular flexibility index (Phi) is 5.45. The first-order valence-electron chi connectivity index (χ1n) is 5.68. The molecule has 1 saturated heterocycles. The number of hydrogen-bond donors (Lipinski definition) is 2. The summed E-state index contributed by atoms with van der Waals surface area (Å²) in [6, 6.07) is 0.759. The molecule has 1 aliphatic heterocycles. The Morgan fingerprint density at radius 1 is 1.36 bits per heavy atom. The molecule has 1 fully saturated rings. The third kappa shape index (κ3) is 3.95. The molecule has 0 amide bonds. The Bertz CT molecular complexity index is 142. The third-order valence-electron chi connectivity index (χ3n) is 2.90. The van der Waals surface area contributed by atoms with Crippen LogP contribution in [0.5, 0.6) is 0 Å². The lowest BCUT2D eigenvalue weighted by Crippen LogP contribution is -2.43. The summed E-state index contributed by atoms with van der Waals surface area (Å²) in [5.74, 6) is 0.490. The highest BCUT2D eigenvalue weighted by atomic mass is 16.5. The lowest BCUT2D eigenvalue weighted by atomic mass is 10.0. The Labute approximate surface area is 86.8 Å². The first-order valence-corrected chi connectivity index (χ1v) is 5.68. The number of rotatable bonds is 4. The van der Waals surface area contributed by atoms with Crippen LogP contribution in [0, 0.1) is 5.92 Å². The topological polar surface area (TPSA) is 41.5 Å². The summed E-state index contributed by atoms with van der Waals surface area (Å²) >= 11 is 0. The molecule has 0 spiro atoms. The highest BCUT2D eigenvalue weighted by molar-refractivity contribution is 4.77. The van der Waals surface area contributed by atoms with E-state index >= 15 is 0 Å². The van der Waals surface area contributed by atoms with Crippen molar-refractivity contribution in [1.29, 1.82) is 0 Å². The van der Waals surface area contributed by atoms with Crippen molar-refractivity contribution in [3.8, 4) is 0 Å². The van der Waals surface area contributed by atoms with Gasteiger partial charge in [0.05, 0.1) is 6.61 Å². The molecule has 0 saturated carbocycles. The fraction of sp³-hybridized carbons (Fsp3) is 1.00. The van der Waals surface area contributed by atoms with Gasteiger partial charge in [-0.15, -0.1) is 0 Å². The van der Waals surface area contributed by atoms with Crippen LogP contribution in [-0.4, -0.2) is 37.0 Å². The van der Waals surface area contributed by atoms with Crippen molar-refractivity contribution in [2.75, 3.05) is 19.8 Å². The van der Waals surface area contributed by atoms with Crippen molar-refractivity contribution in [2.45, 2.75) is 45.2 Å². The van der Waals surface area contributed by atoms with E-state index in [1.807, 2.05) is 0 Å². The standard InChI is InChI=1S/C11H23NO2/c1-9(2)11(8-13)12-10-4-3-6-14-7-5-10/h9-13H,3-8H2,1-2H3. The van der Waals surface area contributed by atoms with Crippen molar-refractivity contribution in [3.05, 3.63) is 0 Å². The molecule has 2 atom stereocenters. The van der Waals surface area contributed by atoms with Gasteiger partial charge in [-0.2, -0.15) is 0 Å². The molecule has 2 N–H and O–H groups in total. The SMILES string of the molecule is CC(C)C(CO)NC1CCCOCC1. The lowest BCUT2D eigenvalue weighted by molar-refractivity contribution is 0.140. The minimum Gasteiger partial charge on any atom is -0.395 e. The van der Waals surface area contributed by atoms with Crippen LogP contribution < -0.4 is 5.32 Å². The van der Waals surface area contributed by atoms with Gasteiger partial charge in [-0.3, -0.25) is 0 Å². The molecule has 0 bridgehead atoms. The van der Waals surface area contributed by atoms with Crippen molar-refractivity contribution in [3.63, 3.8) is 0 Å². The zero-order chi connectivity index (χ0) is 10.4. The Morgan fingerprint density at radius 3 is 2.79 bits per heavy atom. The van der Waals surface area contributed by atoms with Crippen LogP contribution in [0.2, 0.25) is 0 Å². The van der Waals surface area contributed by atoms with Gasteiger partial charge in [0.15, 0.2) is 0 Å². The van der Waals surface area contributed by atoms with E-state index in [0.29, 0.717) is 12.0 Å². The molecule has 3 heteroatoms. The molecule has 0 aliphatic carbocycles. The second kappa shape index (κ2) is 6.38. The summed E-state index contributed by atoms with van der Waals surface area (Å²) in [7, 11) is 0. The van der Waals surface area contributed by atoms with Gasteiger partial charge in [-0.25, -0.2) is 0 Å². The van der Waals surface area contributed by atoms with Crippen molar-refractivity contribution in [2.24, 2.45) is 5.92 Å². The fourth-order valence-corrected chi connectivity index (χ4v) is 1.83. The summed E-state index contributed by atoms with van der Waals surface area (Å²) < 4.78 is 5.40. The van der Waals surface area contributed by atoms with Gasteiger partial charge in [-0.1, -0.05) is 13.8 Å². The Hall–Kier alpha value is -0.120. The third-order valence-corrected chi connectivity index (χ3v) is 2.90. The van der Waals surface area contributed by atoms with Gasteiger partial charge in [-0.05, 0) is 25.2 Å². The van der Waals surface area contributed by atoms with E-state index in [1.165, 1.54) is 6.42 Å². The van der Waals surface area contributed by atoms with Crippen molar-refractivity contribution >= 4 is 0 Å². The number of aliphatic hydroxyl groups is 1. The van der Waals surface area contributed by atoms with Gasteiger partial charge in [0, 0.05) is 25.3 Å². The van der Waals surface area contributed by atoms with E-state index in [1.54, 1.807) is 0 Å². The molecule has 84 valence electrons. The van der Waals surface area contributed by atoms with Crippen LogP contribution in [0.1, 0.15) is 33.1 Å². The van der Waals surface area contributed by atoms with Gasteiger partial charge < -0.3 is 15.2 Å². The quantitative estimate of drug-likeness (QED) is 0.717. The fourth-order valence-electron chi connectivity index (χ4n) is 1.83. The minimum absolute atomic E-state index is 0.231. The molecule has 14 heavy (non-hydrogen) atoms. The summed E-state index contributed by atoms with van der Waals surface area (Å²) in [5.41, 5.74) is 0. The lowest BCUT2D eigenvalue weighted by Gasteiger charge is -2.25. The highest BCUT2D eigenvalue weighted by Crippen LogP contribution is 2.11. The molecule has 1 heterocycles. The van der Waals surface area contributed by atoms with Crippen LogP contribution in [-0.2, 0) is 4.74 Å². The maximum atomic E-state index is 9.20. The van der Waals surface area contributed by atoms with E-state index in [-0.39, 0.29) is 12.6 Å². The molecule has 0 radical (unpaired) electrons. The molecule has 1 aliphatic rings. The number of ether oxygens (including phenoxy) is 1. The zero-order valence-electron chi connectivity index (χ0n) is 9.33. The maximum absolute atomic E-state index is 9.20. The predicted octanol–water partition coefficient (Wildman–Crippen LogP) is 1.16. The Morgan fingerprint density at radius 2 is 2.14 bits per heavy atom. The number of nitrogens with one attached hydrogen (secondary N) is 1. The minimum atomic E-state index is 0.231. The second-order valence-corrected chi connectivity index (χ2v) is 4.44. The smallest absolute Gasteiger partial charge is 0.0587 e. The molecule has 0 aromatic rings. The summed E-state index contributed by atoms with van der Waals surface area (Å²) in [5, 5.41) is 12.7. The van der Waals surface area contributed by atoms with Crippen LogP contribution in [0.15, 0.2) is 0 Å². The van der Waals surface area contributed by atoms with Crippen LogP contribution in [0.25, 0.3) is 0 Å². The molecule has 0 aromatic carbocycles. The van der Waals surface area contributed by atoms with Crippen LogP contribution in [0.3, 0.4) is 0 Å². The summed E-state index contributed by atoms with van der Waals surface area (Å²) in [6.07, 6.45) is 3.38. The van der Waals surface area contributed by atoms with Crippen LogP contribution >= 0.6 is 0 Å². The van der Waals surface area contributed by atoms with Crippen molar-refractivity contribution < 1.29 is 9.84 Å². The van der Waals surface area contributed by atoms with Crippen LogP contribution in [0.4, 0.5) is 0 Å². The largest absolute Gasteiger partial charge is 0.395 e. The molecular formula is C11H23NO2. The second-order valence-electron chi connectivity index (χ2n) is 4.44. The molecule has 2 unspecified atom stereocenters. The first kappa shape index (κ1) is 12.0. The van der Waals surface area contributed by atoms with E-state index in [9.17, 15) is 5.11 Å². The average Bonchev–Trinajstić information content (AvgIpc) is 2.41. The van der Waals surface area contributed by atoms with E-state index < -0.39 is 0 Å². The van der Waals surface area contributed by atoms with E-state index in [0.717, 1.165) is 26.1 Å². The molecular weight excluding hydrogens is 178 g/mol. The van der Waals surface area contributed by atoms with Gasteiger partial charge in [0.2, 0.25) is 0 Å². The monoisotopic (exact) mass is 201 g/mol. The average molecular weight is 201 g/mol. The zero-order valence-corrected chi connectivity index (χ0v) is 9.33. The highest BCUT2D eigenvalue weighted by Gasteiger charge is 2.18. The number of aliphatic hydroxyl groups excluding tert-OH is 1. The Balaban J connectivity index is 2.32. The maximum Gasteiger partial charge on any atom is 0.0587 e. The molecule has 3 nitrogen and oxygen atoms in total.